The molecule has 0 spiro atoms. The average molecular weight is 513 g/mol. The number of carbonyl (C=O) groups excluding carboxylic acids is 1. The Labute approximate surface area is 217 Å². The van der Waals surface area contributed by atoms with Crippen LogP contribution < -0.4 is 25.3 Å². The number of benzene rings is 2. The van der Waals surface area contributed by atoms with Gasteiger partial charge in [-0.1, -0.05) is 36.4 Å². The van der Waals surface area contributed by atoms with E-state index in [9.17, 15) is 4.79 Å². The normalized spacial score (nSPS) is 10.8. The molecule has 0 atom stereocenters. The van der Waals surface area contributed by atoms with Gasteiger partial charge >= 0.3 is 0 Å². The van der Waals surface area contributed by atoms with E-state index in [0.717, 1.165) is 22.4 Å². The summed E-state index contributed by atoms with van der Waals surface area (Å²) >= 11 is 1.23. The molecule has 5 rings (SSSR count). The molecule has 186 valence electrons. The van der Waals surface area contributed by atoms with Gasteiger partial charge in [0.15, 0.2) is 11.5 Å². The zero-order valence-corrected chi connectivity index (χ0v) is 21.3. The van der Waals surface area contributed by atoms with Crippen LogP contribution in [-0.2, 0) is 0 Å². The minimum Gasteiger partial charge on any atom is -0.493 e. The first-order valence-corrected chi connectivity index (χ1v) is 12.2. The largest absolute Gasteiger partial charge is 0.493 e. The predicted molar refractivity (Wildman–Crippen MR) is 147 cm³/mol. The third-order valence-corrected chi connectivity index (χ3v) is 6.96. The lowest BCUT2D eigenvalue weighted by atomic mass is 9.98. The number of carbonyl (C=O) groups is 1. The molecule has 3 heterocycles. The molecular weight excluding hydrogens is 488 g/mol. The Bertz CT molecular complexity index is 1560. The average Bonchev–Trinajstić information content (AvgIpc) is 3.29. The molecule has 0 unspecified atom stereocenters. The Kier molecular flexibility index (Phi) is 6.61. The van der Waals surface area contributed by atoms with Crippen LogP contribution in [0.1, 0.15) is 9.67 Å². The van der Waals surface area contributed by atoms with Gasteiger partial charge in [-0.2, -0.15) is 0 Å². The molecule has 3 aromatic heterocycles. The highest BCUT2D eigenvalue weighted by atomic mass is 32.1. The van der Waals surface area contributed by atoms with Crippen molar-refractivity contribution in [2.45, 2.75) is 0 Å². The number of fused-ring (bicyclic) bond motifs is 1. The Morgan fingerprint density at radius 3 is 2.22 bits per heavy atom. The number of hydrogen-bond donors (Lipinski definition) is 2. The molecule has 3 N–H and O–H groups in total. The molecule has 0 aliphatic carbocycles. The number of nitrogens with one attached hydrogen (secondary N) is 1. The van der Waals surface area contributed by atoms with Crippen LogP contribution in [-0.4, -0.2) is 37.2 Å². The van der Waals surface area contributed by atoms with Crippen molar-refractivity contribution < 1.29 is 19.0 Å². The van der Waals surface area contributed by atoms with Crippen molar-refractivity contribution in [2.75, 3.05) is 32.4 Å². The lowest BCUT2D eigenvalue weighted by molar-refractivity contribution is 0.103. The number of thiophene rings is 1. The van der Waals surface area contributed by atoms with Gasteiger partial charge < -0.3 is 25.3 Å². The van der Waals surface area contributed by atoms with Gasteiger partial charge in [-0.25, -0.2) is 9.97 Å². The molecule has 0 saturated carbocycles. The van der Waals surface area contributed by atoms with Crippen LogP contribution in [0.15, 0.2) is 72.9 Å². The second-order valence-corrected chi connectivity index (χ2v) is 9.03. The van der Waals surface area contributed by atoms with E-state index in [1.807, 2.05) is 48.5 Å². The highest BCUT2D eigenvalue weighted by Crippen LogP contribution is 2.46. The van der Waals surface area contributed by atoms with Crippen molar-refractivity contribution in [1.82, 2.24) is 9.97 Å². The fourth-order valence-corrected chi connectivity index (χ4v) is 5.14. The van der Waals surface area contributed by atoms with Crippen LogP contribution in [0, 0.1) is 0 Å². The van der Waals surface area contributed by atoms with E-state index in [1.54, 1.807) is 45.7 Å². The maximum Gasteiger partial charge on any atom is 0.269 e. The molecule has 0 bridgehead atoms. The lowest BCUT2D eigenvalue weighted by Gasteiger charge is -2.15. The topological polar surface area (TPSA) is 109 Å². The van der Waals surface area contributed by atoms with E-state index < -0.39 is 0 Å². The number of anilines is 2. The Morgan fingerprint density at radius 1 is 0.892 bits per heavy atom. The number of nitrogens with zero attached hydrogens (tertiary/aromatic N) is 2. The molecular formula is C28H24N4O4S. The Morgan fingerprint density at radius 2 is 1.59 bits per heavy atom. The smallest absolute Gasteiger partial charge is 0.269 e. The molecule has 0 aliphatic rings. The summed E-state index contributed by atoms with van der Waals surface area (Å²) in [5, 5.41) is 3.48. The summed E-state index contributed by atoms with van der Waals surface area (Å²) in [6.45, 7) is 0. The SMILES string of the molecule is COc1cc(-c2cc(-c3ccccc3)nc3sc(C(=O)Nc4ccccn4)c(N)c23)cc(OC)c1OC. The number of methoxy groups -OCH3 is 3. The third kappa shape index (κ3) is 4.52. The van der Waals surface area contributed by atoms with Crippen LogP contribution in [0.5, 0.6) is 17.2 Å². The van der Waals surface area contributed by atoms with Gasteiger partial charge in [0.05, 0.1) is 32.7 Å². The Balaban J connectivity index is 1.74. The molecule has 37 heavy (non-hydrogen) atoms. The van der Waals surface area contributed by atoms with Gasteiger partial charge in [-0.3, -0.25) is 4.79 Å². The summed E-state index contributed by atoms with van der Waals surface area (Å²) in [6, 6.07) is 20.8. The number of aromatic nitrogens is 2. The third-order valence-electron chi connectivity index (χ3n) is 5.86. The van der Waals surface area contributed by atoms with Crippen molar-refractivity contribution in [1.29, 1.82) is 0 Å². The van der Waals surface area contributed by atoms with Gasteiger partial charge in [-0.05, 0) is 41.5 Å². The molecule has 0 fully saturated rings. The summed E-state index contributed by atoms with van der Waals surface area (Å²) in [5.74, 6) is 1.58. The fourth-order valence-electron chi connectivity index (χ4n) is 4.12. The van der Waals surface area contributed by atoms with Gasteiger partial charge in [0.2, 0.25) is 5.75 Å². The first kappa shape index (κ1) is 24.1. The van der Waals surface area contributed by atoms with Crippen molar-refractivity contribution in [3.63, 3.8) is 0 Å². The van der Waals surface area contributed by atoms with Crippen LogP contribution in [0.3, 0.4) is 0 Å². The number of pyridine rings is 2. The monoisotopic (exact) mass is 512 g/mol. The second kappa shape index (κ2) is 10.2. The molecule has 9 heteroatoms. The summed E-state index contributed by atoms with van der Waals surface area (Å²) in [7, 11) is 4.69. The number of hydrogen-bond acceptors (Lipinski definition) is 8. The van der Waals surface area contributed by atoms with Crippen LogP contribution in [0.2, 0.25) is 0 Å². The quantitative estimate of drug-likeness (QED) is 0.280. The molecule has 5 aromatic rings. The highest BCUT2D eigenvalue weighted by Gasteiger charge is 2.23. The maximum absolute atomic E-state index is 13.2. The van der Waals surface area contributed by atoms with E-state index >= 15 is 0 Å². The van der Waals surface area contributed by atoms with Crippen molar-refractivity contribution in [2.24, 2.45) is 0 Å². The predicted octanol–water partition coefficient (Wildman–Crippen LogP) is 5.89. The first-order valence-electron chi connectivity index (χ1n) is 11.3. The molecule has 1 amide bonds. The van der Waals surface area contributed by atoms with Gasteiger partial charge in [-0.15, -0.1) is 11.3 Å². The van der Waals surface area contributed by atoms with Crippen LogP contribution >= 0.6 is 11.3 Å². The van der Waals surface area contributed by atoms with E-state index in [-0.39, 0.29) is 5.91 Å². The molecule has 0 radical (unpaired) electrons. The molecule has 0 aliphatic heterocycles. The van der Waals surface area contributed by atoms with Crippen molar-refractivity contribution >= 4 is 39.0 Å². The van der Waals surface area contributed by atoms with E-state index in [0.29, 0.717) is 43.8 Å². The number of nitrogens with two attached hydrogens (primary N) is 1. The zero-order valence-electron chi connectivity index (χ0n) is 20.4. The molecule has 8 nitrogen and oxygen atoms in total. The van der Waals surface area contributed by atoms with E-state index in [4.69, 9.17) is 24.9 Å². The molecule has 0 saturated heterocycles. The standard InChI is InChI=1S/C28H24N4O4S/c1-34-20-13-17(14-21(35-2)25(20)36-3)18-15-19(16-9-5-4-6-10-16)31-28-23(18)24(29)26(37-28)27(33)32-22-11-7-8-12-30-22/h4-15H,29H2,1-3H3,(H,30,32,33). The first-order chi connectivity index (χ1) is 18.0. The van der Waals surface area contributed by atoms with Crippen molar-refractivity contribution in [3.8, 4) is 39.6 Å². The maximum atomic E-state index is 13.2. The van der Waals surface area contributed by atoms with Gasteiger partial charge in [0, 0.05) is 17.1 Å². The number of nitrogen functional groups attached to an aromatic ring is 1. The van der Waals surface area contributed by atoms with Crippen LogP contribution in [0.25, 0.3) is 32.6 Å². The number of rotatable bonds is 7. The lowest BCUT2D eigenvalue weighted by Crippen LogP contribution is -2.12. The van der Waals surface area contributed by atoms with E-state index in [2.05, 4.69) is 10.3 Å². The van der Waals surface area contributed by atoms with Crippen LogP contribution in [0.4, 0.5) is 11.5 Å². The van der Waals surface area contributed by atoms with E-state index in [1.165, 1.54) is 11.3 Å². The fraction of sp³-hybridized carbons (Fsp3) is 0.107. The van der Waals surface area contributed by atoms with Gasteiger partial charge in [0.1, 0.15) is 15.5 Å². The summed E-state index contributed by atoms with van der Waals surface area (Å²) in [5.41, 5.74) is 10.2. The number of ether oxygens (including phenoxy) is 3. The summed E-state index contributed by atoms with van der Waals surface area (Å²) in [6.07, 6.45) is 1.61. The highest BCUT2D eigenvalue weighted by molar-refractivity contribution is 7.21. The van der Waals surface area contributed by atoms with Gasteiger partial charge in [0.25, 0.3) is 5.91 Å². The second-order valence-electron chi connectivity index (χ2n) is 8.03. The van der Waals surface area contributed by atoms with Crippen molar-refractivity contribution in [3.05, 3.63) is 77.8 Å². The minimum absolute atomic E-state index is 0.337. The summed E-state index contributed by atoms with van der Waals surface area (Å²) in [4.78, 5) is 23.2. The minimum atomic E-state index is -0.351. The molecule has 2 aromatic carbocycles. The zero-order chi connectivity index (χ0) is 25.9. The summed E-state index contributed by atoms with van der Waals surface area (Å²) < 4.78 is 16.7. The Hall–Kier alpha value is -4.63. The number of amides is 1.